The molecule has 8 nitrogen and oxygen atoms in total. The summed E-state index contributed by atoms with van der Waals surface area (Å²) in [6.07, 6.45) is -1.05. The number of hydrogen-bond acceptors (Lipinski definition) is 6. The molecule has 1 aromatic carbocycles. The van der Waals surface area contributed by atoms with Crippen LogP contribution in [0.2, 0.25) is 0 Å². The van der Waals surface area contributed by atoms with Crippen molar-refractivity contribution in [3.8, 4) is 5.75 Å². The van der Waals surface area contributed by atoms with E-state index in [1.807, 2.05) is 0 Å². The minimum atomic E-state index is -4.05. The third kappa shape index (κ3) is 6.77. The van der Waals surface area contributed by atoms with Crippen molar-refractivity contribution in [3.05, 3.63) is 24.3 Å². The third-order valence-corrected chi connectivity index (χ3v) is 3.04. The lowest BCUT2D eigenvalue weighted by Crippen LogP contribution is -2.35. The van der Waals surface area contributed by atoms with Gasteiger partial charge in [-0.25, -0.2) is 9.52 Å². The van der Waals surface area contributed by atoms with Crippen LogP contribution in [-0.4, -0.2) is 32.7 Å². The summed E-state index contributed by atoms with van der Waals surface area (Å²) in [5.41, 5.74) is 5.53. The lowest BCUT2D eigenvalue weighted by molar-refractivity contribution is 0.159. The van der Waals surface area contributed by atoms with Crippen molar-refractivity contribution in [2.45, 2.75) is 6.92 Å². The van der Waals surface area contributed by atoms with Crippen LogP contribution in [-0.2, 0) is 14.9 Å². The van der Waals surface area contributed by atoms with Crippen molar-refractivity contribution in [1.82, 2.24) is 4.72 Å². The highest BCUT2D eigenvalue weighted by Gasteiger charge is 2.14. The van der Waals surface area contributed by atoms with Crippen LogP contribution in [0.15, 0.2) is 24.3 Å². The molecule has 0 heterocycles. The second-order valence-corrected chi connectivity index (χ2v) is 5.65. The van der Waals surface area contributed by atoms with Crippen molar-refractivity contribution in [3.63, 3.8) is 0 Å². The van der Waals surface area contributed by atoms with E-state index >= 15 is 0 Å². The van der Waals surface area contributed by atoms with Gasteiger partial charge in [0.25, 0.3) is 0 Å². The second kappa shape index (κ2) is 7.64. The molecule has 10 heteroatoms. The summed E-state index contributed by atoms with van der Waals surface area (Å²) in [6.45, 7) is 1.71. The Bertz CT molecular complexity index is 601. The molecule has 0 atom stereocenters. The van der Waals surface area contributed by atoms with Gasteiger partial charge in [-0.2, -0.15) is 8.42 Å². The SMILES string of the molecule is CCOC(=O)NS(=O)(=O)Nc1ccc(OCC(N)=S)cc1. The molecule has 0 bridgehead atoms. The van der Waals surface area contributed by atoms with E-state index in [2.05, 4.69) is 21.7 Å². The summed E-state index contributed by atoms with van der Waals surface area (Å²) < 4.78 is 36.7. The molecule has 0 saturated heterocycles. The fraction of sp³-hybridized carbons (Fsp3) is 0.273. The van der Waals surface area contributed by atoms with E-state index < -0.39 is 16.3 Å². The molecule has 0 radical (unpaired) electrons. The monoisotopic (exact) mass is 333 g/mol. The Morgan fingerprint density at radius 1 is 1.33 bits per heavy atom. The zero-order valence-corrected chi connectivity index (χ0v) is 12.8. The zero-order chi connectivity index (χ0) is 15.9. The minimum absolute atomic E-state index is 0.0659. The first-order valence-corrected chi connectivity index (χ1v) is 7.70. The summed E-state index contributed by atoms with van der Waals surface area (Å²) in [5, 5.41) is 0. The van der Waals surface area contributed by atoms with Gasteiger partial charge in [-0.05, 0) is 31.2 Å². The number of amides is 1. The molecule has 0 aliphatic rings. The average molecular weight is 333 g/mol. The van der Waals surface area contributed by atoms with Gasteiger partial charge in [0, 0.05) is 0 Å². The maximum absolute atomic E-state index is 11.6. The molecule has 0 aliphatic heterocycles. The molecule has 1 aromatic rings. The number of carbonyl (C=O) groups excluding carboxylic acids is 1. The van der Waals surface area contributed by atoms with Crippen molar-refractivity contribution in [1.29, 1.82) is 0 Å². The van der Waals surface area contributed by atoms with Crippen molar-refractivity contribution >= 4 is 39.2 Å². The Balaban J connectivity index is 2.62. The van der Waals surface area contributed by atoms with Gasteiger partial charge in [-0.3, -0.25) is 4.72 Å². The Kier molecular flexibility index (Phi) is 6.18. The highest BCUT2D eigenvalue weighted by Crippen LogP contribution is 2.16. The molecular weight excluding hydrogens is 318 g/mol. The predicted molar refractivity (Wildman–Crippen MR) is 81.4 cm³/mol. The first kappa shape index (κ1) is 17.0. The molecule has 1 rings (SSSR count). The molecule has 0 aromatic heterocycles. The second-order valence-electron chi connectivity index (χ2n) is 3.71. The number of hydrogen-bond donors (Lipinski definition) is 3. The first-order valence-electron chi connectivity index (χ1n) is 5.81. The number of nitrogens with two attached hydrogens (primary N) is 1. The van der Waals surface area contributed by atoms with E-state index in [1.54, 1.807) is 11.6 Å². The van der Waals surface area contributed by atoms with E-state index in [1.165, 1.54) is 24.3 Å². The number of benzene rings is 1. The Morgan fingerprint density at radius 2 is 1.95 bits per heavy atom. The number of thiocarbonyl (C=S) groups is 1. The van der Waals surface area contributed by atoms with E-state index in [9.17, 15) is 13.2 Å². The van der Waals surface area contributed by atoms with Gasteiger partial charge in [0.15, 0.2) is 0 Å². The molecule has 0 fully saturated rings. The molecular formula is C11H15N3O5S2. The lowest BCUT2D eigenvalue weighted by atomic mass is 10.3. The molecule has 0 aliphatic carbocycles. The van der Waals surface area contributed by atoms with E-state index in [4.69, 9.17) is 10.5 Å². The number of anilines is 1. The third-order valence-electron chi connectivity index (χ3n) is 1.98. The van der Waals surface area contributed by atoms with E-state index in [0.29, 0.717) is 5.75 Å². The number of carbonyl (C=O) groups is 1. The van der Waals surface area contributed by atoms with Crippen LogP contribution in [0, 0.1) is 0 Å². The van der Waals surface area contributed by atoms with Gasteiger partial charge in [-0.15, -0.1) is 0 Å². The Morgan fingerprint density at radius 3 is 2.48 bits per heavy atom. The molecule has 21 heavy (non-hydrogen) atoms. The quantitative estimate of drug-likeness (QED) is 0.630. The largest absolute Gasteiger partial charge is 0.487 e. The lowest BCUT2D eigenvalue weighted by Gasteiger charge is -2.10. The maximum Gasteiger partial charge on any atom is 0.422 e. The molecule has 0 unspecified atom stereocenters. The summed E-state index contributed by atoms with van der Waals surface area (Å²) in [5.74, 6) is 0.476. The van der Waals surface area contributed by atoms with Crippen LogP contribution in [0.4, 0.5) is 10.5 Å². The number of ether oxygens (including phenoxy) is 2. The van der Waals surface area contributed by atoms with Gasteiger partial charge < -0.3 is 15.2 Å². The molecule has 4 N–H and O–H groups in total. The molecule has 116 valence electrons. The molecule has 0 spiro atoms. The fourth-order valence-electron chi connectivity index (χ4n) is 1.22. The van der Waals surface area contributed by atoms with E-state index in [0.717, 1.165) is 0 Å². The number of nitrogens with one attached hydrogen (secondary N) is 2. The van der Waals surface area contributed by atoms with Gasteiger partial charge in [0.1, 0.15) is 17.3 Å². The van der Waals surface area contributed by atoms with Crippen LogP contribution in [0.1, 0.15) is 6.92 Å². The Hall–Kier alpha value is -2.07. The number of rotatable bonds is 7. The topological polar surface area (TPSA) is 120 Å². The summed E-state index contributed by atoms with van der Waals surface area (Å²) in [4.78, 5) is 11.3. The van der Waals surface area contributed by atoms with Gasteiger partial charge in [-0.1, -0.05) is 12.2 Å². The summed E-state index contributed by atoms with van der Waals surface area (Å²) >= 11 is 4.66. The van der Waals surface area contributed by atoms with Crippen molar-refractivity contribution in [2.24, 2.45) is 5.73 Å². The summed E-state index contributed by atoms with van der Waals surface area (Å²) in [7, 11) is -4.05. The smallest absolute Gasteiger partial charge is 0.422 e. The fourth-order valence-corrected chi connectivity index (χ4v) is 2.06. The standard InChI is InChI=1S/C11H15N3O5S2/c1-2-18-11(15)14-21(16,17)13-8-3-5-9(6-4-8)19-7-10(12)20/h3-6,13H,2,7H2,1H3,(H2,12,20)(H,14,15). The highest BCUT2D eigenvalue weighted by atomic mass is 32.2. The maximum atomic E-state index is 11.6. The van der Waals surface area contributed by atoms with Gasteiger partial charge in [0.2, 0.25) is 0 Å². The first-order chi connectivity index (χ1) is 9.82. The highest BCUT2D eigenvalue weighted by molar-refractivity contribution is 7.91. The van der Waals surface area contributed by atoms with Crippen LogP contribution < -0.4 is 19.9 Å². The van der Waals surface area contributed by atoms with E-state index in [-0.39, 0.29) is 23.9 Å². The zero-order valence-electron chi connectivity index (χ0n) is 11.2. The minimum Gasteiger partial charge on any atom is -0.487 e. The normalized spacial score (nSPS) is 10.5. The average Bonchev–Trinajstić information content (AvgIpc) is 2.37. The Labute approximate surface area is 127 Å². The van der Waals surface area contributed by atoms with Crippen LogP contribution in [0.25, 0.3) is 0 Å². The van der Waals surface area contributed by atoms with Crippen molar-refractivity contribution in [2.75, 3.05) is 17.9 Å². The van der Waals surface area contributed by atoms with Gasteiger partial charge >= 0.3 is 16.3 Å². The van der Waals surface area contributed by atoms with Crippen LogP contribution in [0.5, 0.6) is 5.75 Å². The molecule has 1 amide bonds. The van der Waals surface area contributed by atoms with Crippen molar-refractivity contribution < 1.29 is 22.7 Å². The van der Waals surface area contributed by atoms with Crippen LogP contribution >= 0.6 is 12.2 Å². The van der Waals surface area contributed by atoms with Gasteiger partial charge in [0.05, 0.1) is 12.3 Å². The predicted octanol–water partition coefficient (Wildman–Crippen LogP) is 0.754. The molecule has 0 saturated carbocycles. The van der Waals surface area contributed by atoms with Crippen LogP contribution in [0.3, 0.4) is 0 Å². The summed E-state index contributed by atoms with van der Waals surface area (Å²) in [6, 6.07) is 5.97.